The number of likely N-dealkylation sites (tertiary alicyclic amines) is 1. The summed E-state index contributed by atoms with van der Waals surface area (Å²) in [6.07, 6.45) is 3.75. The monoisotopic (exact) mass is 529 g/mol. The van der Waals surface area contributed by atoms with E-state index >= 15 is 0 Å². The van der Waals surface area contributed by atoms with E-state index in [1.54, 1.807) is 24.2 Å². The van der Waals surface area contributed by atoms with Gasteiger partial charge in [0.05, 0.1) is 0 Å². The van der Waals surface area contributed by atoms with Crippen LogP contribution in [0.2, 0.25) is 0 Å². The molecular weight excluding hydrogens is 490 g/mol. The lowest BCUT2D eigenvalue weighted by Gasteiger charge is -2.33. The summed E-state index contributed by atoms with van der Waals surface area (Å²) in [5.74, 6) is 0.346. The third-order valence-corrected chi connectivity index (χ3v) is 7.60. The zero-order valence-corrected chi connectivity index (χ0v) is 23.6. The van der Waals surface area contributed by atoms with Gasteiger partial charge in [-0.15, -0.1) is 0 Å². The maximum atomic E-state index is 12.4. The van der Waals surface area contributed by atoms with Crippen LogP contribution >= 0.6 is 0 Å². The molecule has 0 N–H and O–H groups in total. The van der Waals surface area contributed by atoms with Gasteiger partial charge in [0.2, 0.25) is 5.56 Å². The van der Waals surface area contributed by atoms with Crippen LogP contribution in [0.4, 0.5) is 4.79 Å². The van der Waals surface area contributed by atoms with Gasteiger partial charge in [-0.25, -0.2) is 4.79 Å². The van der Waals surface area contributed by atoms with Crippen molar-refractivity contribution in [2.45, 2.75) is 70.4 Å². The van der Waals surface area contributed by atoms with E-state index in [0.717, 1.165) is 35.1 Å². The van der Waals surface area contributed by atoms with Gasteiger partial charge in [-0.2, -0.15) is 4.91 Å². The molecule has 1 aromatic heterocycles. The highest BCUT2D eigenvalue weighted by molar-refractivity contribution is 5.68. The van der Waals surface area contributed by atoms with E-state index in [1.165, 1.54) is 16.2 Å². The Balaban J connectivity index is 1.53. The molecule has 3 aromatic rings. The number of benzene rings is 2. The van der Waals surface area contributed by atoms with Crippen molar-refractivity contribution in [1.29, 1.82) is 0 Å². The molecule has 2 atom stereocenters. The van der Waals surface area contributed by atoms with Crippen molar-refractivity contribution in [2.75, 3.05) is 13.1 Å². The minimum Gasteiger partial charge on any atom is -0.444 e. The second-order valence-electron chi connectivity index (χ2n) is 11.6. The summed E-state index contributed by atoms with van der Waals surface area (Å²) in [6.45, 7) is 9.11. The number of hydrogen-bond donors (Lipinski definition) is 0. The van der Waals surface area contributed by atoms with Crippen LogP contribution in [0.5, 0.6) is 0 Å². The number of carbonyl (C=O) groups is 1. The summed E-state index contributed by atoms with van der Waals surface area (Å²) in [7, 11) is 1.68. The maximum absolute atomic E-state index is 12.4. The molecule has 0 saturated carbocycles. The van der Waals surface area contributed by atoms with Gasteiger partial charge in [-0.1, -0.05) is 53.7 Å². The number of aryl methyl sites for hydroxylation is 2. The van der Waals surface area contributed by atoms with Crippen molar-refractivity contribution in [2.24, 2.45) is 12.2 Å². The van der Waals surface area contributed by atoms with E-state index in [-0.39, 0.29) is 17.6 Å². The summed E-state index contributed by atoms with van der Waals surface area (Å²) >= 11 is 0. The number of carbonyl (C=O) groups excluding carboxylic acids is 1. The predicted octanol–water partition coefficient (Wildman–Crippen LogP) is 6.84. The third-order valence-electron chi connectivity index (χ3n) is 7.60. The van der Waals surface area contributed by atoms with Crippen LogP contribution in [0.3, 0.4) is 0 Å². The van der Waals surface area contributed by atoms with Crippen molar-refractivity contribution < 1.29 is 9.53 Å². The zero-order chi connectivity index (χ0) is 28.2. The first-order valence-corrected chi connectivity index (χ1v) is 13.7. The molecule has 4 rings (SSSR count). The summed E-state index contributed by atoms with van der Waals surface area (Å²) < 4.78 is 7.02. The average Bonchev–Trinajstić information content (AvgIpc) is 2.91. The standard InChI is InChI=1S/C32H39N3O4/c1-22-8-6-7-9-27(22)28(20-29(33-38)26-14-15-30(36)34(5)21-26)25-12-10-23(11-13-25)24-16-18-35(19-17-24)31(37)39-32(2,3)4/h6-15,21,24,28-29H,16-20H2,1-5H3. The van der Waals surface area contributed by atoms with Crippen LogP contribution in [0.25, 0.3) is 0 Å². The lowest BCUT2D eigenvalue weighted by Crippen LogP contribution is -2.41. The number of nitroso groups, excluding NO2 is 1. The number of amides is 1. The zero-order valence-electron chi connectivity index (χ0n) is 23.6. The number of aromatic nitrogens is 1. The Morgan fingerprint density at radius 1 is 1.00 bits per heavy atom. The second-order valence-corrected chi connectivity index (χ2v) is 11.6. The largest absolute Gasteiger partial charge is 0.444 e. The Labute approximate surface area is 230 Å². The Kier molecular flexibility index (Phi) is 8.68. The van der Waals surface area contributed by atoms with E-state index in [1.807, 2.05) is 32.9 Å². The topological polar surface area (TPSA) is 81.0 Å². The van der Waals surface area contributed by atoms with E-state index in [4.69, 9.17) is 4.74 Å². The SMILES string of the molecule is Cc1ccccc1C(CC(N=O)c1ccc(=O)n(C)c1)c1ccc(C2CCN(C(=O)OC(C)(C)C)CC2)cc1. The molecule has 7 nitrogen and oxygen atoms in total. The molecule has 1 fully saturated rings. The second kappa shape index (κ2) is 12.0. The van der Waals surface area contributed by atoms with E-state index in [9.17, 15) is 14.5 Å². The summed E-state index contributed by atoms with van der Waals surface area (Å²) in [6, 6.07) is 19.5. The molecule has 2 unspecified atom stereocenters. The van der Waals surface area contributed by atoms with E-state index in [0.29, 0.717) is 25.4 Å². The lowest BCUT2D eigenvalue weighted by atomic mass is 9.81. The molecule has 1 saturated heterocycles. The van der Waals surface area contributed by atoms with Crippen molar-refractivity contribution in [3.05, 3.63) is 110 Å². The van der Waals surface area contributed by atoms with E-state index < -0.39 is 11.6 Å². The predicted molar refractivity (Wildman–Crippen MR) is 154 cm³/mol. The number of hydrogen-bond acceptors (Lipinski definition) is 5. The van der Waals surface area contributed by atoms with Crippen molar-refractivity contribution >= 4 is 6.09 Å². The summed E-state index contributed by atoms with van der Waals surface area (Å²) in [5.41, 5.74) is 4.82. The Hall–Kier alpha value is -3.74. The minimum absolute atomic E-state index is 0.0331. The van der Waals surface area contributed by atoms with Crippen LogP contribution in [0, 0.1) is 11.8 Å². The molecule has 39 heavy (non-hydrogen) atoms. The fraction of sp³-hybridized carbons (Fsp3) is 0.438. The van der Waals surface area contributed by atoms with Gasteiger partial charge < -0.3 is 14.2 Å². The average molecular weight is 530 g/mol. The van der Waals surface area contributed by atoms with Crippen molar-refractivity contribution in [3.63, 3.8) is 0 Å². The Morgan fingerprint density at radius 3 is 2.23 bits per heavy atom. The molecule has 2 aromatic carbocycles. The van der Waals surface area contributed by atoms with Crippen molar-refractivity contribution in [3.8, 4) is 0 Å². The Bertz CT molecular complexity index is 1350. The van der Waals surface area contributed by atoms with Gasteiger partial charge in [0, 0.05) is 38.3 Å². The highest BCUT2D eigenvalue weighted by Crippen LogP contribution is 2.38. The van der Waals surface area contributed by atoms with Crippen LogP contribution in [-0.4, -0.2) is 34.3 Å². The molecular formula is C32H39N3O4. The lowest BCUT2D eigenvalue weighted by molar-refractivity contribution is 0.0205. The van der Waals surface area contributed by atoms with Gasteiger partial charge in [-0.05, 0) is 86.8 Å². The molecule has 0 spiro atoms. The minimum atomic E-state index is -0.585. The first-order valence-electron chi connectivity index (χ1n) is 13.7. The fourth-order valence-electron chi connectivity index (χ4n) is 5.42. The van der Waals surface area contributed by atoms with Crippen molar-refractivity contribution in [1.82, 2.24) is 9.47 Å². The van der Waals surface area contributed by atoms with Gasteiger partial charge in [0.1, 0.15) is 11.6 Å². The van der Waals surface area contributed by atoms with Gasteiger partial charge in [0.15, 0.2) is 0 Å². The highest BCUT2D eigenvalue weighted by Gasteiger charge is 2.28. The molecule has 1 aliphatic heterocycles. The maximum Gasteiger partial charge on any atom is 0.410 e. The van der Waals surface area contributed by atoms with Gasteiger partial charge >= 0.3 is 6.09 Å². The number of ether oxygens (including phenoxy) is 1. The van der Waals surface area contributed by atoms with Gasteiger partial charge in [-0.3, -0.25) is 4.79 Å². The van der Waals surface area contributed by atoms with Crippen LogP contribution < -0.4 is 5.56 Å². The first-order chi connectivity index (χ1) is 18.6. The quantitative estimate of drug-likeness (QED) is 0.314. The molecule has 0 bridgehead atoms. The molecule has 2 heterocycles. The van der Waals surface area contributed by atoms with Crippen LogP contribution in [-0.2, 0) is 11.8 Å². The third kappa shape index (κ3) is 7.02. The van der Waals surface area contributed by atoms with Crippen LogP contribution in [0.15, 0.2) is 76.8 Å². The highest BCUT2D eigenvalue weighted by atomic mass is 16.6. The smallest absolute Gasteiger partial charge is 0.410 e. The number of nitrogens with zero attached hydrogens (tertiary/aromatic N) is 3. The molecule has 0 aliphatic carbocycles. The number of pyridine rings is 1. The summed E-state index contributed by atoms with van der Waals surface area (Å²) in [5, 5.41) is 3.48. The molecule has 1 amide bonds. The van der Waals surface area contributed by atoms with E-state index in [2.05, 4.69) is 48.5 Å². The van der Waals surface area contributed by atoms with Gasteiger partial charge in [0.25, 0.3) is 0 Å². The fourth-order valence-corrected chi connectivity index (χ4v) is 5.42. The Morgan fingerprint density at radius 2 is 1.64 bits per heavy atom. The molecule has 206 valence electrons. The number of piperidine rings is 1. The van der Waals surface area contributed by atoms with Crippen LogP contribution in [0.1, 0.15) is 85.7 Å². The molecule has 1 aliphatic rings. The summed E-state index contributed by atoms with van der Waals surface area (Å²) in [4.78, 5) is 38.2. The normalized spacial score (nSPS) is 16.0. The molecule has 0 radical (unpaired) electrons. The number of rotatable bonds is 7. The molecule has 7 heteroatoms. The first kappa shape index (κ1) is 28.3.